The molecule has 0 N–H and O–H groups in total. The Hall–Kier alpha value is -2.29. The monoisotopic (exact) mass is 351 g/mol. The molecule has 3 rings (SSSR count). The number of carbonyl (C=O) groups excluding carboxylic acids is 1. The van der Waals surface area contributed by atoms with E-state index in [0.29, 0.717) is 5.92 Å². The van der Waals surface area contributed by atoms with Crippen molar-refractivity contribution in [3.05, 3.63) is 65.2 Å². The van der Waals surface area contributed by atoms with Gasteiger partial charge in [0.05, 0.1) is 0 Å². The zero-order chi connectivity index (χ0) is 18.5. The molecule has 2 aromatic carbocycles. The lowest BCUT2D eigenvalue weighted by Crippen LogP contribution is -2.45. The lowest BCUT2D eigenvalue weighted by atomic mass is 9.90. The third-order valence-corrected chi connectivity index (χ3v) is 5.15. The highest BCUT2D eigenvalue weighted by molar-refractivity contribution is 5.81. The van der Waals surface area contributed by atoms with Crippen LogP contribution in [0.2, 0.25) is 0 Å². The summed E-state index contributed by atoms with van der Waals surface area (Å²) in [6.45, 7) is 7.61. The molecule has 0 radical (unpaired) electrons. The lowest BCUT2D eigenvalue weighted by molar-refractivity contribution is -0.139. The summed E-state index contributed by atoms with van der Waals surface area (Å²) in [4.78, 5) is 14.7. The van der Waals surface area contributed by atoms with Gasteiger partial charge in [-0.2, -0.15) is 0 Å². The van der Waals surface area contributed by atoms with Crippen molar-refractivity contribution < 1.29 is 9.53 Å². The first kappa shape index (κ1) is 18.5. The average molecular weight is 351 g/mol. The number of rotatable bonds is 5. The molecular formula is C23H29NO2. The minimum atomic E-state index is -0.443. The SMILES string of the molecule is Cc1cc(C)cc(O[C@@H](C)C(=O)N2CCC(Cc3ccccc3)CC2)c1. The van der Waals surface area contributed by atoms with Crippen LogP contribution < -0.4 is 4.74 Å². The highest BCUT2D eigenvalue weighted by Crippen LogP contribution is 2.23. The zero-order valence-corrected chi connectivity index (χ0v) is 16.1. The van der Waals surface area contributed by atoms with Crippen LogP contribution in [0.25, 0.3) is 0 Å². The minimum absolute atomic E-state index is 0.0994. The molecule has 0 spiro atoms. The highest BCUT2D eigenvalue weighted by Gasteiger charge is 2.27. The molecule has 1 atom stereocenters. The van der Waals surface area contributed by atoms with Gasteiger partial charge in [-0.3, -0.25) is 4.79 Å². The molecule has 2 aromatic rings. The first-order valence-electron chi connectivity index (χ1n) is 9.59. The topological polar surface area (TPSA) is 29.5 Å². The van der Waals surface area contributed by atoms with Gasteiger partial charge in [0.2, 0.25) is 0 Å². The van der Waals surface area contributed by atoms with Crippen molar-refractivity contribution in [2.75, 3.05) is 13.1 Å². The Morgan fingerprint density at radius 2 is 1.69 bits per heavy atom. The molecule has 26 heavy (non-hydrogen) atoms. The molecule has 3 heteroatoms. The molecule has 138 valence electrons. The molecule has 1 aliphatic rings. The van der Waals surface area contributed by atoms with Gasteiger partial charge in [0.25, 0.3) is 5.91 Å². The van der Waals surface area contributed by atoms with Crippen molar-refractivity contribution in [1.29, 1.82) is 0 Å². The van der Waals surface area contributed by atoms with Crippen LogP contribution in [0.3, 0.4) is 0 Å². The molecule has 3 nitrogen and oxygen atoms in total. The Labute approximate surface area is 157 Å². The van der Waals surface area contributed by atoms with Crippen molar-refractivity contribution in [3.63, 3.8) is 0 Å². The van der Waals surface area contributed by atoms with Crippen molar-refractivity contribution in [2.24, 2.45) is 5.92 Å². The number of nitrogens with zero attached hydrogens (tertiary/aromatic N) is 1. The van der Waals surface area contributed by atoms with Crippen molar-refractivity contribution in [1.82, 2.24) is 4.90 Å². The van der Waals surface area contributed by atoms with Gasteiger partial charge in [0.1, 0.15) is 5.75 Å². The number of carbonyl (C=O) groups is 1. The van der Waals surface area contributed by atoms with Gasteiger partial charge in [-0.15, -0.1) is 0 Å². The zero-order valence-electron chi connectivity index (χ0n) is 16.1. The van der Waals surface area contributed by atoms with Gasteiger partial charge in [-0.25, -0.2) is 0 Å². The average Bonchev–Trinajstić information content (AvgIpc) is 2.62. The van der Waals surface area contributed by atoms with E-state index in [0.717, 1.165) is 49.2 Å². The van der Waals surface area contributed by atoms with E-state index in [4.69, 9.17) is 4.74 Å². The van der Waals surface area contributed by atoms with Crippen LogP contribution >= 0.6 is 0 Å². The summed E-state index contributed by atoms with van der Waals surface area (Å²) >= 11 is 0. The molecule has 0 aliphatic carbocycles. The number of ether oxygens (including phenoxy) is 1. The fourth-order valence-corrected chi connectivity index (χ4v) is 3.82. The van der Waals surface area contributed by atoms with E-state index in [-0.39, 0.29) is 5.91 Å². The van der Waals surface area contributed by atoms with Crippen LogP contribution in [0.5, 0.6) is 5.75 Å². The van der Waals surface area contributed by atoms with Crippen LogP contribution in [-0.4, -0.2) is 30.0 Å². The highest BCUT2D eigenvalue weighted by atomic mass is 16.5. The summed E-state index contributed by atoms with van der Waals surface area (Å²) in [5.41, 5.74) is 3.70. The fraction of sp³-hybridized carbons (Fsp3) is 0.435. The van der Waals surface area contributed by atoms with E-state index in [2.05, 4.69) is 36.4 Å². The maximum absolute atomic E-state index is 12.7. The van der Waals surface area contributed by atoms with Gasteiger partial charge in [0.15, 0.2) is 6.10 Å². The minimum Gasteiger partial charge on any atom is -0.481 e. The van der Waals surface area contributed by atoms with E-state index >= 15 is 0 Å². The van der Waals surface area contributed by atoms with Gasteiger partial charge in [-0.1, -0.05) is 36.4 Å². The Bertz CT molecular complexity index is 713. The number of benzene rings is 2. The second kappa shape index (κ2) is 8.39. The predicted molar refractivity (Wildman–Crippen MR) is 105 cm³/mol. The molecule has 1 fully saturated rings. The van der Waals surface area contributed by atoms with E-state index in [1.54, 1.807) is 0 Å². The molecule has 1 heterocycles. The first-order valence-corrected chi connectivity index (χ1v) is 9.59. The quantitative estimate of drug-likeness (QED) is 0.791. The number of aryl methyl sites for hydroxylation is 2. The van der Waals surface area contributed by atoms with E-state index in [9.17, 15) is 4.79 Å². The largest absolute Gasteiger partial charge is 0.481 e. The molecule has 0 unspecified atom stereocenters. The Morgan fingerprint density at radius 1 is 1.08 bits per heavy atom. The molecule has 1 amide bonds. The number of hydrogen-bond donors (Lipinski definition) is 0. The summed E-state index contributed by atoms with van der Waals surface area (Å²) in [7, 11) is 0. The molecule has 0 bridgehead atoms. The van der Waals surface area contributed by atoms with Crippen LogP contribution in [0, 0.1) is 19.8 Å². The number of amides is 1. The summed E-state index contributed by atoms with van der Waals surface area (Å²) in [6.07, 6.45) is 2.80. The third-order valence-electron chi connectivity index (χ3n) is 5.15. The Kier molecular flexibility index (Phi) is 5.97. The van der Waals surface area contributed by atoms with Gasteiger partial charge < -0.3 is 9.64 Å². The fourth-order valence-electron chi connectivity index (χ4n) is 3.82. The number of piperidine rings is 1. The van der Waals surface area contributed by atoms with E-state index < -0.39 is 6.10 Å². The second-order valence-electron chi connectivity index (χ2n) is 7.54. The molecule has 0 aromatic heterocycles. The van der Waals surface area contributed by atoms with Crippen molar-refractivity contribution >= 4 is 5.91 Å². The Balaban J connectivity index is 1.51. The molecular weight excluding hydrogens is 322 g/mol. The van der Waals surface area contributed by atoms with Crippen LogP contribution in [0.15, 0.2) is 48.5 Å². The first-order chi connectivity index (χ1) is 12.5. The third kappa shape index (κ3) is 4.87. The van der Waals surface area contributed by atoms with Crippen LogP contribution in [0.1, 0.15) is 36.5 Å². The smallest absolute Gasteiger partial charge is 0.263 e. The summed E-state index contributed by atoms with van der Waals surface area (Å²) in [5.74, 6) is 1.54. The van der Waals surface area contributed by atoms with Gasteiger partial charge >= 0.3 is 0 Å². The van der Waals surface area contributed by atoms with Crippen LogP contribution in [-0.2, 0) is 11.2 Å². The normalized spacial score (nSPS) is 16.3. The second-order valence-corrected chi connectivity index (χ2v) is 7.54. The molecule has 1 aliphatic heterocycles. The maximum Gasteiger partial charge on any atom is 0.263 e. The number of likely N-dealkylation sites (tertiary alicyclic amines) is 1. The number of hydrogen-bond acceptors (Lipinski definition) is 2. The maximum atomic E-state index is 12.7. The standard InChI is InChI=1S/C23H29NO2/c1-17-13-18(2)15-22(14-17)26-19(3)23(25)24-11-9-21(10-12-24)16-20-7-5-4-6-8-20/h4-8,13-15,19,21H,9-12,16H2,1-3H3/t19-/m0/s1. The molecule has 0 saturated carbocycles. The summed E-state index contributed by atoms with van der Waals surface area (Å²) < 4.78 is 5.92. The van der Waals surface area contributed by atoms with Crippen LogP contribution in [0.4, 0.5) is 0 Å². The summed E-state index contributed by atoms with van der Waals surface area (Å²) in [6, 6.07) is 16.7. The van der Waals surface area contributed by atoms with Gasteiger partial charge in [-0.05, 0) is 74.8 Å². The molecule has 1 saturated heterocycles. The Morgan fingerprint density at radius 3 is 2.31 bits per heavy atom. The van der Waals surface area contributed by atoms with Crippen molar-refractivity contribution in [3.8, 4) is 5.75 Å². The van der Waals surface area contributed by atoms with E-state index in [1.807, 2.05) is 37.8 Å². The van der Waals surface area contributed by atoms with E-state index in [1.165, 1.54) is 5.56 Å². The van der Waals surface area contributed by atoms with Gasteiger partial charge in [0, 0.05) is 13.1 Å². The predicted octanol–water partition coefficient (Wildman–Crippen LogP) is 4.55. The summed E-state index contributed by atoms with van der Waals surface area (Å²) in [5, 5.41) is 0. The lowest BCUT2D eigenvalue weighted by Gasteiger charge is -2.33. The van der Waals surface area contributed by atoms with Crippen molar-refractivity contribution in [2.45, 2.75) is 46.1 Å².